The maximum absolute atomic E-state index is 12.3. The van der Waals surface area contributed by atoms with Crippen molar-refractivity contribution in [2.75, 3.05) is 5.32 Å². The van der Waals surface area contributed by atoms with Crippen molar-refractivity contribution in [2.45, 2.75) is 17.2 Å². The molecule has 2 aromatic rings. The van der Waals surface area contributed by atoms with Crippen molar-refractivity contribution >= 4 is 15.5 Å². The lowest BCUT2D eigenvalue weighted by atomic mass is 10.3. The van der Waals surface area contributed by atoms with Crippen molar-refractivity contribution in [3.63, 3.8) is 0 Å². The van der Waals surface area contributed by atoms with Gasteiger partial charge in [-0.1, -0.05) is 0 Å². The van der Waals surface area contributed by atoms with Gasteiger partial charge in [-0.15, -0.1) is 0 Å². The molecule has 0 aliphatic heterocycles. The van der Waals surface area contributed by atoms with E-state index >= 15 is 0 Å². The van der Waals surface area contributed by atoms with Crippen molar-refractivity contribution in [3.05, 3.63) is 48.4 Å². The highest BCUT2D eigenvalue weighted by atomic mass is 32.2. The first-order valence-corrected chi connectivity index (χ1v) is 6.93. The van der Waals surface area contributed by atoms with Gasteiger partial charge in [0.15, 0.2) is 0 Å². The van der Waals surface area contributed by atoms with E-state index in [2.05, 4.69) is 5.32 Å². The lowest BCUT2D eigenvalue weighted by Gasteiger charge is -2.06. The van der Waals surface area contributed by atoms with Gasteiger partial charge < -0.3 is 9.73 Å². The van der Waals surface area contributed by atoms with Gasteiger partial charge in [0, 0.05) is 5.69 Å². The van der Waals surface area contributed by atoms with Crippen LogP contribution >= 0.6 is 0 Å². The number of anilines is 1. The molecule has 1 heterocycles. The summed E-state index contributed by atoms with van der Waals surface area (Å²) in [5.41, 5.74) is 0.615. The van der Waals surface area contributed by atoms with Crippen LogP contribution in [0.2, 0.25) is 0 Å². The molecule has 0 unspecified atom stereocenters. The summed E-state index contributed by atoms with van der Waals surface area (Å²) in [5, 5.41) is 2.98. The van der Waals surface area contributed by atoms with E-state index in [9.17, 15) is 17.2 Å². The number of rotatable bonds is 5. The molecular formula is C12H11F2NO3S. The molecule has 0 fully saturated rings. The van der Waals surface area contributed by atoms with Crippen LogP contribution in [-0.4, -0.2) is 14.2 Å². The van der Waals surface area contributed by atoms with Gasteiger partial charge in [0.05, 0.1) is 17.7 Å². The molecular weight excluding hydrogens is 276 g/mol. The number of sulfone groups is 1. The van der Waals surface area contributed by atoms with E-state index < -0.39 is 20.5 Å². The van der Waals surface area contributed by atoms with E-state index in [1.54, 1.807) is 12.1 Å². The summed E-state index contributed by atoms with van der Waals surface area (Å²) in [6.45, 7) is 0.425. The molecule has 19 heavy (non-hydrogen) atoms. The Hall–Kier alpha value is -1.89. The van der Waals surface area contributed by atoms with Gasteiger partial charge in [0.2, 0.25) is 9.84 Å². The Morgan fingerprint density at radius 2 is 1.84 bits per heavy atom. The third kappa shape index (κ3) is 3.11. The standard InChI is InChI=1S/C12H11F2NO3S/c13-12(14)19(16,17)11-5-3-9(4-6-11)15-8-10-2-1-7-18-10/h1-7,12,15H,8H2. The monoisotopic (exact) mass is 287 g/mol. The van der Waals surface area contributed by atoms with Crippen LogP contribution in [0.1, 0.15) is 5.76 Å². The summed E-state index contributed by atoms with van der Waals surface area (Å²) >= 11 is 0. The average molecular weight is 287 g/mol. The van der Waals surface area contributed by atoms with Gasteiger partial charge >= 0.3 is 5.76 Å². The van der Waals surface area contributed by atoms with E-state index in [0.29, 0.717) is 18.0 Å². The van der Waals surface area contributed by atoms with Gasteiger partial charge in [0.1, 0.15) is 5.76 Å². The predicted octanol–water partition coefficient (Wildman–Crippen LogP) is 2.89. The van der Waals surface area contributed by atoms with E-state index in [1.807, 2.05) is 0 Å². The summed E-state index contributed by atoms with van der Waals surface area (Å²) in [4.78, 5) is -0.397. The van der Waals surface area contributed by atoms with Crippen molar-refractivity contribution in [2.24, 2.45) is 0 Å². The van der Waals surface area contributed by atoms with Gasteiger partial charge in [-0.2, -0.15) is 8.78 Å². The van der Waals surface area contributed by atoms with Gasteiger partial charge in [-0.3, -0.25) is 0 Å². The first-order chi connectivity index (χ1) is 9.00. The number of hydrogen-bond donors (Lipinski definition) is 1. The quantitative estimate of drug-likeness (QED) is 0.918. The molecule has 0 saturated heterocycles. The summed E-state index contributed by atoms with van der Waals surface area (Å²) in [5.74, 6) is -2.70. The fourth-order valence-electron chi connectivity index (χ4n) is 1.47. The number of nitrogens with one attached hydrogen (secondary N) is 1. The molecule has 0 bridgehead atoms. The molecule has 0 saturated carbocycles. The third-order valence-corrected chi connectivity index (χ3v) is 3.86. The number of alkyl halides is 2. The Morgan fingerprint density at radius 3 is 2.37 bits per heavy atom. The Balaban J connectivity index is 2.07. The molecule has 1 N–H and O–H groups in total. The number of furan rings is 1. The molecule has 0 spiro atoms. The van der Waals surface area contributed by atoms with Crippen LogP contribution in [0.25, 0.3) is 0 Å². The van der Waals surface area contributed by atoms with E-state index in [0.717, 1.165) is 12.1 Å². The molecule has 0 aliphatic carbocycles. The Kier molecular flexibility index (Phi) is 3.84. The minimum Gasteiger partial charge on any atom is -0.467 e. The van der Waals surface area contributed by atoms with Crippen molar-refractivity contribution in [3.8, 4) is 0 Å². The van der Waals surface area contributed by atoms with Crippen LogP contribution in [0, 0.1) is 0 Å². The zero-order chi connectivity index (χ0) is 13.9. The molecule has 7 heteroatoms. The zero-order valence-corrected chi connectivity index (χ0v) is 10.5. The minimum absolute atomic E-state index is 0.397. The largest absolute Gasteiger partial charge is 0.467 e. The van der Waals surface area contributed by atoms with Crippen LogP contribution < -0.4 is 5.32 Å². The van der Waals surface area contributed by atoms with Crippen LogP contribution in [0.3, 0.4) is 0 Å². The van der Waals surface area contributed by atoms with E-state index in [-0.39, 0.29) is 0 Å². The first kappa shape index (κ1) is 13.5. The fourth-order valence-corrected chi connectivity index (χ4v) is 2.19. The zero-order valence-electron chi connectivity index (χ0n) is 9.71. The van der Waals surface area contributed by atoms with Crippen LogP contribution in [-0.2, 0) is 16.4 Å². The van der Waals surface area contributed by atoms with Gasteiger partial charge in [-0.05, 0) is 36.4 Å². The smallest absolute Gasteiger partial charge is 0.341 e. The molecule has 0 radical (unpaired) electrons. The molecule has 1 aromatic heterocycles. The number of hydrogen-bond acceptors (Lipinski definition) is 4. The highest BCUT2D eigenvalue weighted by Crippen LogP contribution is 2.20. The summed E-state index contributed by atoms with van der Waals surface area (Å²) in [6.07, 6.45) is 1.54. The maximum atomic E-state index is 12.3. The first-order valence-electron chi connectivity index (χ1n) is 5.38. The average Bonchev–Trinajstić information content (AvgIpc) is 2.90. The molecule has 102 valence electrons. The second kappa shape index (κ2) is 5.40. The Bertz CT molecular complexity index is 622. The van der Waals surface area contributed by atoms with Gasteiger partial charge in [0.25, 0.3) is 0 Å². The lowest BCUT2D eigenvalue weighted by molar-refractivity contribution is 0.234. The lowest BCUT2D eigenvalue weighted by Crippen LogP contribution is -2.11. The van der Waals surface area contributed by atoms with Crippen LogP contribution in [0.4, 0.5) is 14.5 Å². The second-order valence-corrected chi connectivity index (χ2v) is 5.68. The highest BCUT2D eigenvalue weighted by molar-refractivity contribution is 7.91. The molecule has 0 aliphatic rings. The van der Waals surface area contributed by atoms with Crippen molar-refractivity contribution in [1.29, 1.82) is 0 Å². The topological polar surface area (TPSA) is 59.3 Å². The maximum Gasteiger partial charge on any atom is 0.341 e. The SMILES string of the molecule is O=S(=O)(c1ccc(NCc2ccco2)cc1)C(F)F. The minimum atomic E-state index is -4.53. The Labute approximate surface area is 109 Å². The molecule has 4 nitrogen and oxygen atoms in total. The van der Waals surface area contributed by atoms with Crippen molar-refractivity contribution in [1.82, 2.24) is 0 Å². The van der Waals surface area contributed by atoms with E-state index in [1.165, 1.54) is 18.4 Å². The number of halogens is 2. The molecule has 0 amide bonds. The Morgan fingerprint density at radius 1 is 1.16 bits per heavy atom. The molecule has 0 atom stereocenters. The second-order valence-electron chi connectivity index (χ2n) is 3.76. The third-order valence-electron chi connectivity index (χ3n) is 2.46. The summed E-state index contributed by atoms with van der Waals surface area (Å²) in [7, 11) is -4.53. The molecule has 1 aromatic carbocycles. The highest BCUT2D eigenvalue weighted by Gasteiger charge is 2.26. The normalized spacial score (nSPS) is 11.7. The van der Waals surface area contributed by atoms with E-state index in [4.69, 9.17) is 4.42 Å². The molecule has 2 rings (SSSR count). The summed E-state index contributed by atoms with van der Waals surface area (Å²) < 4.78 is 52.1. The van der Waals surface area contributed by atoms with Crippen LogP contribution in [0.5, 0.6) is 0 Å². The predicted molar refractivity (Wildman–Crippen MR) is 65.7 cm³/mol. The summed E-state index contributed by atoms with van der Waals surface area (Å²) in [6, 6.07) is 8.67. The van der Waals surface area contributed by atoms with Crippen LogP contribution in [0.15, 0.2) is 52.0 Å². The van der Waals surface area contributed by atoms with Crippen molar-refractivity contribution < 1.29 is 21.6 Å². The number of benzene rings is 1. The fraction of sp³-hybridized carbons (Fsp3) is 0.167. The van der Waals surface area contributed by atoms with Gasteiger partial charge in [-0.25, -0.2) is 8.42 Å².